The fraction of sp³-hybridized carbons (Fsp3) is 0.320. The van der Waals surface area contributed by atoms with Crippen molar-refractivity contribution >= 4 is 11.6 Å². The molecule has 0 saturated carbocycles. The van der Waals surface area contributed by atoms with Crippen LogP contribution in [0.4, 0.5) is 5.69 Å². The third-order valence-electron chi connectivity index (χ3n) is 5.57. The van der Waals surface area contributed by atoms with E-state index in [-0.39, 0.29) is 5.91 Å². The summed E-state index contributed by atoms with van der Waals surface area (Å²) >= 11 is 0. The lowest BCUT2D eigenvalue weighted by Crippen LogP contribution is -2.51. The number of hydrogen-bond donors (Lipinski definition) is 0. The van der Waals surface area contributed by atoms with E-state index in [1.54, 1.807) is 6.26 Å². The third-order valence-corrected chi connectivity index (χ3v) is 5.57. The first kappa shape index (κ1) is 20.2. The van der Waals surface area contributed by atoms with E-state index >= 15 is 0 Å². The fourth-order valence-corrected chi connectivity index (χ4v) is 3.96. The topological polar surface area (TPSA) is 39.9 Å². The number of nitrogens with zero attached hydrogens (tertiary/aromatic N) is 3. The maximum absolute atomic E-state index is 13.1. The van der Waals surface area contributed by atoms with Gasteiger partial charge < -0.3 is 14.2 Å². The van der Waals surface area contributed by atoms with E-state index in [4.69, 9.17) is 4.42 Å². The van der Waals surface area contributed by atoms with Crippen LogP contribution in [0.5, 0.6) is 0 Å². The van der Waals surface area contributed by atoms with Crippen LogP contribution in [0.1, 0.15) is 16.9 Å². The quantitative estimate of drug-likeness (QED) is 0.599. The molecule has 0 unspecified atom stereocenters. The Bertz CT molecular complexity index is 932. The monoisotopic (exact) mass is 403 g/mol. The molecule has 2 heterocycles. The number of carbonyl (C=O) groups is 1. The highest BCUT2D eigenvalue weighted by atomic mass is 16.3. The van der Waals surface area contributed by atoms with Gasteiger partial charge in [0.2, 0.25) is 5.91 Å². The van der Waals surface area contributed by atoms with Crippen molar-refractivity contribution in [3.05, 3.63) is 89.9 Å². The molecule has 3 aromatic rings. The van der Waals surface area contributed by atoms with Crippen molar-refractivity contribution in [1.29, 1.82) is 0 Å². The molecule has 0 bridgehead atoms. The second-order valence-electron chi connectivity index (χ2n) is 7.92. The lowest BCUT2D eigenvalue weighted by molar-refractivity contribution is -0.133. The van der Waals surface area contributed by atoms with Gasteiger partial charge in [0, 0.05) is 38.4 Å². The van der Waals surface area contributed by atoms with Crippen molar-refractivity contribution in [2.75, 3.05) is 37.6 Å². The van der Waals surface area contributed by atoms with E-state index in [9.17, 15) is 4.79 Å². The summed E-state index contributed by atoms with van der Waals surface area (Å²) in [5, 5.41) is 0. The Labute approximate surface area is 178 Å². The van der Waals surface area contributed by atoms with Crippen molar-refractivity contribution in [2.45, 2.75) is 20.0 Å². The van der Waals surface area contributed by atoms with Crippen LogP contribution in [-0.2, 0) is 17.9 Å². The summed E-state index contributed by atoms with van der Waals surface area (Å²) < 4.78 is 5.53. The van der Waals surface area contributed by atoms with Crippen molar-refractivity contribution < 1.29 is 9.21 Å². The molecule has 2 aromatic carbocycles. The highest BCUT2D eigenvalue weighted by molar-refractivity contribution is 5.78. The Morgan fingerprint density at radius 3 is 2.43 bits per heavy atom. The van der Waals surface area contributed by atoms with Gasteiger partial charge in [-0.15, -0.1) is 0 Å². The van der Waals surface area contributed by atoms with Gasteiger partial charge in [-0.2, -0.15) is 0 Å². The fourth-order valence-electron chi connectivity index (χ4n) is 3.96. The van der Waals surface area contributed by atoms with Gasteiger partial charge in [-0.3, -0.25) is 9.69 Å². The zero-order chi connectivity index (χ0) is 20.8. The average molecular weight is 404 g/mol. The van der Waals surface area contributed by atoms with Crippen molar-refractivity contribution in [2.24, 2.45) is 0 Å². The molecule has 0 radical (unpaired) electrons. The van der Waals surface area contributed by atoms with Crippen LogP contribution >= 0.6 is 0 Å². The SMILES string of the molecule is Cc1cccc(N2CCN(C(=O)CN(Cc3ccccc3)Cc3ccco3)CC2)c1. The molecule has 1 saturated heterocycles. The molecule has 0 atom stereocenters. The van der Waals surface area contributed by atoms with Gasteiger partial charge in [0.1, 0.15) is 5.76 Å². The minimum absolute atomic E-state index is 0.182. The van der Waals surface area contributed by atoms with E-state index in [1.165, 1.54) is 16.8 Å². The van der Waals surface area contributed by atoms with Gasteiger partial charge in [0.25, 0.3) is 0 Å². The summed E-state index contributed by atoms with van der Waals surface area (Å²) in [5.41, 5.74) is 3.70. The number of piperazine rings is 1. The van der Waals surface area contributed by atoms with Crippen LogP contribution < -0.4 is 4.90 Å². The highest BCUT2D eigenvalue weighted by Gasteiger charge is 2.23. The third kappa shape index (κ3) is 5.30. The molecule has 0 N–H and O–H groups in total. The summed E-state index contributed by atoms with van der Waals surface area (Å²) in [7, 11) is 0. The number of anilines is 1. The zero-order valence-corrected chi connectivity index (χ0v) is 17.5. The van der Waals surface area contributed by atoms with Gasteiger partial charge in [0.15, 0.2) is 0 Å². The molecule has 1 amide bonds. The molecule has 0 aliphatic carbocycles. The van der Waals surface area contributed by atoms with E-state index in [0.717, 1.165) is 38.5 Å². The van der Waals surface area contributed by atoms with E-state index in [0.29, 0.717) is 13.1 Å². The van der Waals surface area contributed by atoms with Gasteiger partial charge >= 0.3 is 0 Å². The first-order valence-corrected chi connectivity index (χ1v) is 10.6. The predicted molar refractivity (Wildman–Crippen MR) is 119 cm³/mol. The number of amides is 1. The molecular formula is C25H29N3O2. The number of furan rings is 1. The molecule has 0 spiro atoms. The molecule has 5 heteroatoms. The van der Waals surface area contributed by atoms with Gasteiger partial charge in [0.05, 0.1) is 19.4 Å². The smallest absolute Gasteiger partial charge is 0.236 e. The second kappa shape index (κ2) is 9.63. The highest BCUT2D eigenvalue weighted by Crippen LogP contribution is 2.18. The summed E-state index contributed by atoms with van der Waals surface area (Å²) in [6.07, 6.45) is 1.68. The average Bonchev–Trinajstić information content (AvgIpc) is 3.27. The molecule has 1 aliphatic heterocycles. The molecule has 1 fully saturated rings. The van der Waals surface area contributed by atoms with Crippen molar-refractivity contribution in [3.8, 4) is 0 Å². The lowest BCUT2D eigenvalue weighted by Gasteiger charge is -2.37. The summed E-state index contributed by atoms with van der Waals surface area (Å²) in [6, 6.07) is 22.7. The standard InChI is InChI=1S/C25H29N3O2/c1-21-7-5-10-23(17-21)27-12-14-28(15-13-27)25(29)20-26(19-24-11-6-16-30-24)18-22-8-3-2-4-9-22/h2-11,16-17H,12-15,18-20H2,1H3. The summed E-state index contributed by atoms with van der Waals surface area (Å²) in [4.78, 5) is 19.6. The molecular weight excluding hydrogens is 374 g/mol. The first-order chi connectivity index (χ1) is 14.7. The lowest BCUT2D eigenvalue weighted by atomic mass is 10.2. The maximum Gasteiger partial charge on any atom is 0.236 e. The molecule has 30 heavy (non-hydrogen) atoms. The van der Waals surface area contributed by atoms with Gasteiger partial charge in [-0.1, -0.05) is 42.5 Å². The largest absolute Gasteiger partial charge is 0.468 e. The Kier molecular flexibility index (Phi) is 6.50. The predicted octanol–water partition coefficient (Wildman–Crippen LogP) is 3.94. The Balaban J connectivity index is 1.36. The summed E-state index contributed by atoms with van der Waals surface area (Å²) in [5.74, 6) is 1.06. The molecule has 1 aliphatic rings. The van der Waals surface area contributed by atoms with Crippen LogP contribution in [0.3, 0.4) is 0 Å². The Hall–Kier alpha value is -3.05. The van der Waals surface area contributed by atoms with E-state index < -0.39 is 0 Å². The maximum atomic E-state index is 13.1. The van der Waals surface area contributed by atoms with E-state index in [1.807, 2.05) is 35.2 Å². The summed E-state index contributed by atoms with van der Waals surface area (Å²) in [6.45, 7) is 7.09. The molecule has 1 aromatic heterocycles. The molecule has 156 valence electrons. The zero-order valence-electron chi connectivity index (χ0n) is 17.5. The Morgan fingerprint density at radius 1 is 0.933 bits per heavy atom. The molecule has 4 rings (SSSR count). The Morgan fingerprint density at radius 2 is 1.73 bits per heavy atom. The van der Waals surface area contributed by atoms with E-state index in [2.05, 4.69) is 53.1 Å². The van der Waals surface area contributed by atoms with Crippen LogP contribution in [0, 0.1) is 6.92 Å². The van der Waals surface area contributed by atoms with Crippen molar-refractivity contribution in [1.82, 2.24) is 9.80 Å². The number of hydrogen-bond acceptors (Lipinski definition) is 4. The normalized spacial score (nSPS) is 14.3. The number of benzene rings is 2. The number of carbonyl (C=O) groups excluding carboxylic acids is 1. The van der Waals surface area contributed by atoms with Crippen LogP contribution in [0.2, 0.25) is 0 Å². The van der Waals surface area contributed by atoms with Crippen LogP contribution in [0.25, 0.3) is 0 Å². The number of aryl methyl sites for hydroxylation is 1. The van der Waals surface area contributed by atoms with Gasteiger partial charge in [-0.25, -0.2) is 0 Å². The second-order valence-corrected chi connectivity index (χ2v) is 7.92. The van der Waals surface area contributed by atoms with Crippen LogP contribution in [-0.4, -0.2) is 48.4 Å². The van der Waals surface area contributed by atoms with Crippen molar-refractivity contribution in [3.63, 3.8) is 0 Å². The van der Waals surface area contributed by atoms with Crippen LogP contribution in [0.15, 0.2) is 77.4 Å². The first-order valence-electron chi connectivity index (χ1n) is 10.6. The minimum Gasteiger partial charge on any atom is -0.468 e. The molecule has 5 nitrogen and oxygen atoms in total. The van der Waals surface area contributed by atoms with Gasteiger partial charge in [-0.05, 0) is 42.3 Å². The minimum atomic E-state index is 0.182. The number of rotatable bonds is 7.